The number of ether oxygens (including phenoxy) is 2. The molecule has 0 amide bonds. The van der Waals surface area contributed by atoms with E-state index in [0.717, 1.165) is 42.0 Å². The van der Waals surface area contributed by atoms with Gasteiger partial charge in [-0.3, -0.25) is 9.59 Å². The second kappa shape index (κ2) is 9.43. The van der Waals surface area contributed by atoms with Crippen molar-refractivity contribution in [2.45, 2.75) is 72.0 Å². The first kappa shape index (κ1) is 21.4. The van der Waals surface area contributed by atoms with E-state index in [2.05, 4.69) is 20.8 Å². The van der Waals surface area contributed by atoms with Crippen molar-refractivity contribution < 1.29 is 19.1 Å². The average molecular weight is 397 g/mol. The smallest absolute Gasteiger partial charge is 0.306 e. The molecule has 0 spiro atoms. The third-order valence-electron chi connectivity index (χ3n) is 5.94. The number of carbonyl (C=O) groups excluding carboxylic acids is 2. The Kier molecular flexibility index (Phi) is 6.94. The van der Waals surface area contributed by atoms with Crippen molar-refractivity contribution in [3.63, 3.8) is 0 Å². The Hall–Kier alpha value is -2.36. The average Bonchev–Trinajstić information content (AvgIpc) is 2.70. The maximum Gasteiger partial charge on any atom is 0.306 e. The molecule has 0 unspecified atom stereocenters. The van der Waals surface area contributed by atoms with Gasteiger partial charge < -0.3 is 9.47 Å². The Morgan fingerprint density at radius 2 is 1.55 bits per heavy atom. The molecule has 0 heterocycles. The van der Waals surface area contributed by atoms with Crippen molar-refractivity contribution in [1.82, 2.24) is 0 Å². The summed E-state index contributed by atoms with van der Waals surface area (Å²) in [4.78, 5) is 24.1. The maximum absolute atomic E-state index is 12.1. The highest BCUT2D eigenvalue weighted by atomic mass is 16.5. The van der Waals surface area contributed by atoms with Gasteiger partial charge in [-0.1, -0.05) is 57.2 Å². The van der Waals surface area contributed by atoms with Crippen LogP contribution in [0, 0.1) is 11.3 Å². The van der Waals surface area contributed by atoms with Gasteiger partial charge in [0, 0.05) is 0 Å². The van der Waals surface area contributed by atoms with Gasteiger partial charge in [0.15, 0.2) is 0 Å². The van der Waals surface area contributed by atoms with Crippen LogP contribution in [-0.4, -0.2) is 18.0 Å². The second-order valence-electron chi connectivity index (χ2n) is 9.17. The van der Waals surface area contributed by atoms with Crippen molar-refractivity contribution in [3.8, 4) is 0 Å². The normalized spacial score (nSPS) is 19.7. The first-order chi connectivity index (χ1) is 13.8. The number of fused-ring (bicyclic) bond motifs is 1. The van der Waals surface area contributed by atoms with E-state index in [9.17, 15) is 9.59 Å². The Bertz CT molecular complexity index is 841. The van der Waals surface area contributed by atoms with Gasteiger partial charge >= 0.3 is 11.9 Å². The molecule has 156 valence electrons. The number of hydrogen-bond acceptors (Lipinski definition) is 4. The van der Waals surface area contributed by atoms with Gasteiger partial charge in [0.1, 0.15) is 12.7 Å². The predicted octanol–water partition coefficient (Wildman–Crippen LogP) is 5.81. The molecule has 0 bridgehead atoms. The first-order valence-electron chi connectivity index (χ1n) is 10.6. The fourth-order valence-electron chi connectivity index (χ4n) is 4.06. The minimum Gasteiger partial charge on any atom is -0.462 e. The second-order valence-corrected chi connectivity index (χ2v) is 9.17. The maximum atomic E-state index is 12.1. The highest BCUT2D eigenvalue weighted by molar-refractivity contribution is 5.83. The monoisotopic (exact) mass is 396 g/mol. The zero-order valence-electron chi connectivity index (χ0n) is 17.8. The van der Waals surface area contributed by atoms with Crippen LogP contribution in [0.2, 0.25) is 0 Å². The predicted molar refractivity (Wildman–Crippen MR) is 114 cm³/mol. The van der Waals surface area contributed by atoms with Crippen molar-refractivity contribution in [3.05, 3.63) is 48.0 Å². The topological polar surface area (TPSA) is 52.6 Å². The van der Waals surface area contributed by atoms with E-state index in [1.807, 2.05) is 42.5 Å². The molecule has 3 rings (SSSR count). The molecule has 2 aromatic carbocycles. The molecule has 1 fully saturated rings. The zero-order valence-corrected chi connectivity index (χ0v) is 17.8. The van der Waals surface area contributed by atoms with Gasteiger partial charge in [0.25, 0.3) is 0 Å². The number of hydrogen-bond donors (Lipinski definition) is 0. The lowest BCUT2D eigenvalue weighted by molar-refractivity contribution is -0.155. The molecule has 4 nitrogen and oxygen atoms in total. The van der Waals surface area contributed by atoms with E-state index in [1.165, 1.54) is 0 Å². The molecule has 29 heavy (non-hydrogen) atoms. The fourth-order valence-corrected chi connectivity index (χ4v) is 4.06. The lowest BCUT2D eigenvalue weighted by atomic mass is 9.72. The minimum absolute atomic E-state index is 0.00489. The Balaban J connectivity index is 1.36. The largest absolute Gasteiger partial charge is 0.462 e. The summed E-state index contributed by atoms with van der Waals surface area (Å²) in [5, 5.41) is 2.27. The molecular weight excluding hydrogens is 364 g/mol. The van der Waals surface area contributed by atoms with Gasteiger partial charge in [-0.05, 0) is 59.4 Å². The summed E-state index contributed by atoms with van der Waals surface area (Å²) in [6.07, 6.45) is 4.15. The van der Waals surface area contributed by atoms with Crippen LogP contribution < -0.4 is 0 Å². The molecule has 0 atom stereocenters. The van der Waals surface area contributed by atoms with Crippen molar-refractivity contribution in [2.24, 2.45) is 11.3 Å². The molecule has 4 heteroatoms. The van der Waals surface area contributed by atoms with E-state index >= 15 is 0 Å². The molecular formula is C25H32O4. The van der Waals surface area contributed by atoms with E-state index in [-0.39, 0.29) is 37.5 Å². The first-order valence-corrected chi connectivity index (χ1v) is 10.6. The lowest BCUT2D eigenvalue weighted by Gasteiger charge is -2.36. The molecule has 0 saturated heterocycles. The summed E-state index contributed by atoms with van der Waals surface area (Å²) in [6.45, 7) is 7.03. The summed E-state index contributed by atoms with van der Waals surface area (Å²) >= 11 is 0. The van der Waals surface area contributed by atoms with E-state index < -0.39 is 0 Å². The summed E-state index contributed by atoms with van der Waals surface area (Å²) in [5.74, 6) is 0.0148. The van der Waals surface area contributed by atoms with Crippen LogP contribution in [-0.2, 0) is 25.7 Å². The number of rotatable bonds is 6. The SMILES string of the molecule is CC(C)(C)C1CCC(OC(=O)CCC(=O)OCc2ccc3ccccc3c2)CC1. The highest BCUT2D eigenvalue weighted by Crippen LogP contribution is 2.38. The summed E-state index contributed by atoms with van der Waals surface area (Å²) < 4.78 is 10.9. The molecule has 0 N–H and O–H groups in total. The zero-order chi connectivity index (χ0) is 20.9. The minimum atomic E-state index is -0.369. The molecule has 0 aromatic heterocycles. The third kappa shape index (κ3) is 6.31. The van der Waals surface area contributed by atoms with Crippen LogP contribution in [0.4, 0.5) is 0 Å². The standard InChI is InChI=1S/C25H32O4/c1-25(2,3)21-10-12-22(13-11-21)29-24(27)15-14-23(26)28-17-18-8-9-19-6-4-5-7-20(19)16-18/h4-9,16,21-22H,10-15,17H2,1-3H3. The van der Waals surface area contributed by atoms with Crippen molar-refractivity contribution in [1.29, 1.82) is 0 Å². The molecule has 1 aliphatic carbocycles. The van der Waals surface area contributed by atoms with Gasteiger partial charge in [0.05, 0.1) is 12.8 Å². The summed E-state index contributed by atoms with van der Waals surface area (Å²) in [7, 11) is 0. The van der Waals surface area contributed by atoms with Gasteiger partial charge in [-0.2, -0.15) is 0 Å². The Labute approximate surface area is 173 Å². The van der Waals surface area contributed by atoms with Crippen LogP contribution in [0.3, 0.4) is 0 Å². The van der Waals surface area contributed by atoms with Crippen LogP contribution in [0.1, 0.15) is 64.9 Å². The molecule has 0 aliphatic heterocycles. The van der Waals surface area contributed by atoms with Crippen LogP contribution in [0.25, 0.3) is 10.8 Å². The van der Waals surface area contributed by atoms with Crippen molar-refractivity contribution >= 4 is 22.7 Å². The van der Waals surface area contributed by atoms with Crippen LogP contribution in [0.5, 0.6) is 0 Å². The molecule has 1 aliphatic rings. The Morgan fingerprint density at radius 3 is 2.24 bits per heavy atom. The van der Waals surface area contributed by atoms with E-state index in [1.54, 1.807) is 0 Å². The molecule has 1 saturated carbocycles. The number of benzene rings is 2. The molecule has 2 aromatic rings. The molecule has 0 radical (unpaired) electrons. The number of esters is 2. The van der Waals surface area contributed by atoms with E-state index in [4.69, 9.17) is 9.47 Å². The quantitative estimate of drug-likeness (QED) is 0.578. The van der Waals surface area contributed by atoms with Crippen LogP contribution in [0.15, 0.2) is 42.5 Å². The lowest BCUT2D eigenvalue weighted by Crippen LogP contribution is -2.30. The fraction of sp³-hybridized carbons (Fsp3) is 0.520. The van der Waals surface area contributed by atoms with Crippen molar-refractivity contribution in [2.75, 3.05) is 0 Å². The van der Waals surface area contributed by atoms with E-state index in [0.29, 0.717) is 11.3 Å². The third-order valence-corrected chi connectivity index (χ3v) is 5.94. The number of carbonyl (C=O) groups is 2. The van der Waals surface area contributed by atoms with Gasteiger partial charge in [-0.15, -0.1) is 0 Å². The Morgan fingerprint density at radius 1 is 0.897 bits per heavy atom. The summed E-state index contributed by atoms with van der Waals surface area (Å²) in [6, 6.07) is 14.1. The van der Waals surface area contributed by atoms with Gasteiger partial charge in [0.2, 0.25) is 0 Å². The van der Waals surface area contributed by atoms with Gasteiger partial charge in [-0.25, -0.2) is 0 Å². The summed E-state index contributed by atoms with van der Waals surface area (Å²) in [5.41, 5.74) is 1.25. The van der Waals surface area contributed by atoms with Crippen LogP contribution >= 0.6 is 0 Å². The highest BCUT2D eigenvalue weighted by Gasteiger charge is 2.31.